The highest BCUT2D eigenvalue weighted by atomic mass is 79.9. The van der Waals surface area contributed by atoms with Gasteiger partial charge in [-0.05, 0) is 60.4 Å². The van der Waals surface area contributed by atoms with E-state index in [0.717, 1.165) is 10.7 Å². The Kier molecular flexibility index (Phi) is 3.53. The lowest BCUT2D eigenvalue weighted by Gasteiger charge is -2.07. The zero-order chi connectivity index (χ0) is 11.7. The average Bonchev–Trinajstić information content (AvgIpc) is 3.12. The number of hydrogen-bond acceptors (Lipinski definition) is 1. The SMILES string of the molecule is BrC(CCCc1csc2ccccc12)C1CC1. The van der Waals surface area contributed by atoms with E-state index in [0.29, 0.717) is 0 Å². The molecule has 1 atom stereocenters. The first-order chi connectivity index (χ1) is 8.34. The fraction of sp³-hybridized carbons (Fsp3) is 0.467. The van der Waals surface area contributed by atoms with E-state index in [2.05, 4.69) is 45.6 Å². The summed E-state index contributed by atoms with van der Waals surface area (Å²) in [5, 5.41) is 3.81. The molecule has 0 spiro atoms. The maximum absolute atomic E-state index is 3.82. The van der Waals surface area contributed by atoms with Gasteiger partial charge >= 0.3 is 0 Å². The standard InChI is InChI=1S/C15H17BrS/c16-14(11-8-9-11)6-3-4-12-10-17-15-7-2-1-5-13(12)15/h1-2,5,7,10-11,14H,3-4,6,8-9H2. The monoisotopic (exact) mass is 308 g/mol. The van der Waals surface area contributed by atoms with E-state index >= 15 is 0 Å². The van der Waals surface area contributed by atoms with E-state index < -0.39 is 0 Å². The fourth-order valence-electron chi connectivity index (χ4n) is 2.41. The Morgan fingerprint density at radius 2 is 2.12 bits per heavy atom. The van der Waals surface area contributed by atoms with E-state index in [1.54, 1.807) is 5.56 Å². The molecule has 1 fully saturated rings. The third kappa shape index (κ3) is 2.74. The largest absolute Gasteiger partial charge is 0.144 e. The minimum Gasteiger partial charge on any atom is -0.144 e. The molecule has 0 amide bonds. The summed E-state index contributed by atoms with van der Waals surface area (Å²) < 4.78 is 1.43. The van der Waals surface area contributed by atoms with Crippen LogP contribution in [0.15, 0.2) is 29.6 Å². The highest BCUT2D eigenvalue weighted by Gasteiger charge is 2.28. The predicted octanol–water partition coefficient (Wildman–Crippen LogP) is 5.40. The first-order valence-corrected chi connectivity index (χ1v) is 8.23. The van der Waals surface area contributed by atoms with Gasteiger partial charge in [0.15, 0.2) is 0 Å². The number of thiophene rings is 1. The number of halogens is 1. The van der Waals surface area contributed by atoms with Crippen molar-refractivity contribution in [2.75, 3.05) is 0 Å². The molecule has 0 N–H and O–H groups in total. The summed E-state index contributed by atoms with van der Waals surface area (Å²) in [5.74, 6) is 0.981. The Morgan fingerprint density at radius 1 is 1.29 bits per heavy atom. The average molecular weight is 309 g/mol. The highest BCUT2D eigenvalue weighted by Crippen LogP contribution is 2.39. The zero-order valence-corrected chi connectivity index (χ0v) is 12.3. The smallest absolute Gasteiger partial charge is 0.0345 e. The number of alkyl halides is 1. The Balaban J connectivity index is 1.60. The van der Waals surface area contributed by atoms with Crippen molar-refractivity contribution in [1.29, 1.82) is 0 Å². The Morgan fingerprint density at radius 3 is 2.94 bits per heavy atom. The van der Waals surface area contributed by atoms with Crippen LogP contribution >= 0.6 is 27.3 Å². The molecule has 17 heavy (non-hydrogen) atoms. The van der Waals surface area contributed by atoms with Crippen molar-refractivity contribution in [1.82, 2.24) is 0 Å². The van der Waals surface area contributed by atoms with Gasteiger partial charge in [-0.25, -0.2) is 0 Å². The van der Waals surface area contributed by atoms with Crippen LogP contribution in [0.25, 0.3) is 10.1 Å². The fourth-order valence-corrected chi connectivity index (χ4v) is 4.26. The van der Waals surface area contributed by atoms with Crippen LogP contribution < -0.4 is 0 Å². The van der Waals surface area contributed by atoms with Crippen molar-refractivity contribution in [3.8, 4) is 0 Å². The summed E-state index contributed by atoms with van der Waals surface area (Å²) in [5.41, 5.74) is 1.54. The Labute approximate surface area is 115 Å². The van der Waals surface area contributed by atoms with Gasteiger partial charge in [-0.2, -0.15) is 0 Å². The van der Waals surface area contributed by atoms with E-state index in [9.17, 15) is 0 Å². The van der Waals surface area contributed by atoms with Crippen molar-refractivity contribution in [3.63, 3.8) is 0 Å². The number of benzene rings is 1. The molecular weight excluding hydrogens is 292 g/mol. The van der Waals surface area contributed by atoms with Gasteiger partial charge in [-0.1, -0.05) is 34.1 Å². The van der Waals surface area contributed by atoms with Crippen LogP contribution in [0.2, 0.25) is 0 Å². The summed E-state index contributed by atoms with van der Waals surface area (Å²) in [4.78, 5) is 0.771. The molecular formula is C15H17BrS. The number of rotatable bonds is 5. The predicted molar refractivity (Wildman–Crippen MR) is 80.2 cm³/mol. The van der Waals surface area contributed by atoms with Crippen molar-refractivity contribution >= 4 is 37.4 Å². The summed E-state index contributed by atoms with van der Waals surface area (Å²) in [7, 11) is 0. The first-order valence-electron chi connectivity index (χ1n) is 6.44. The van der Waals surface area contributed by atoms with Crippen LogP contribution in [0.3, 0.4) is 0 Å². The number of aryl methyl sites for hydroxylation is 1. The van der Waals surface area contributed by atoms with Crippen molar-refractivity contribution in [3.05, 3.63) is 35.2 Å². The minimum atomic E-state index is 0.771. The maximum Gasteiger partial charge on any atom is 0.0345 e. The molecule has 3 rings (SSSR count). The number of fused-ring (bicyclic) bond motifs is 1. The molecule has 0 saturated heterocycles. The van der Waals surface area contributed by atoms with E-state index in [1.807, 2.05) is 11.3 Å². The molecule has 1 heterocycles. The van der Waals surface area contributed by atoms with Crippen LogP contribution in [-0.4, -0.2) is 4.83 Å². The van der Waals surface area contributed by atoms with Crippen LogP contribution in [-0.2, 0) is 6.42 Å². The van der Waals surface area contributed by atoms with Gasteiger partial charge in [-0.3, -0.25) is 0 Å². The molecule has 1 aliphatic rings. The van der Waals surface area contributed by atoms with Crippen LogP contribution in [0.1, 0.15) is 31.2 Å². The molecule has 1 unspecified atom stereocenters. The Hall–Kier alpha value is -0.340. The summed E-state index contributed by atoms with van der Waals surface area (Å²) >= 11 is 5.70. The summed E-state index contributed by atoms with van der Waals surface area (Å²) in [6, 6.07) is 8.76. The van der Waals surface area contributed by atoms with Crippen LogP contribution in [0.5, 0.6) is 0 Å². The minimum absolute atomic E-state index is 0.771. The summed E-state index contributed by atoms with van der Waals surface area (Å²) in [6.07, 6.45) is 6.76. The van der Waals surface area contributed by atoms with Crippen molar-refractivity contribution < 1.29 is 0 Å². The zero-order valence-electron chi connectivity index (χ0n) is 9.86. The van der Waals surface area contributed by atoms with Gasteiger partial charge in [0, 0.05) is 9.53 Å². The van der Waals surface area contributed by atoms with Gasteiger partial charge in [-0.15, -0.1) is 11.3 Å². The lowest BCUT2D eigenvalue weighted by Crippen LogP contribution is -2.00. The van der Waals surface area contributed by atoms with Crippen LogP contribution in [0.4, 0.5) is 0 Å². The molecule has 2 heteroatoms. The molecule has 0 bridgehead atoms. The molecule has 1 aromatic heterocycles. The van der Waals surface area contributed by atoms with Crippen molar-refractivity contribution in [2.24, 2.45) is 5.92 Å². The topological polar surface area (TPSA) is 0 Å². The molecule has 2 aromatic rings. The number of hydrogen-bond donors (Lipinski definition) is 0. The Bertz CT molecular complexity index is 498. The van der Waals surface area contributed by atoms with Gasteiger partial charge in [0.25, 0.3) is 0 Å². The normalized spacial score (nSPS) is 17.5. The van der Waals surface area contributed by atoms with Crippen LogP contribution in [0, 0.1) is 5.92 Å². The molecule has 0 radical (unpaired) electrons. The van der Waals surface area contributed by atoms with Gasteiger partial charge in [0.05, 0.1) is 0 Å². The second-order valence-corrected chi connectivity index (χ2v) is 7.09. The van der Waals surface area contributed by atoms with Gasteiger partial charge in [0.2, 0.25) is 0 Å². The van der Waals surface area contributed by atoms with E-state index in [-0.39, 0.29) is 0 Å². The molecule has 1 aromatic carbocycles. The first kappa shape index (κ1) is 11.7. The summed E-state index contributed by atoms with van der Waals surface area (Å²) in [6.45, 7) is 0. The second kappa shape index (κ2) is 5.11. The molecule has 1 aliphatic carbocycles. The highest BCUT2D eigenvalue weighted by molar-refractivity contribution is 9.09. The van der Waals surface area contributed by atoms with Gasteiger partial charge in [0.1, 0.15) is 0 Å². The van der Waals surface area contributed by atoms with Gasteiger partial charge < -0.3 is 0 Å². The molecule has 0 nitrogen and oxygen atoms in total. The van der Waals surface area contributed by atoms with E-state index in [1.165, 1.54) is 42.2 Å². The maximum atomic E-state index is 3.82. The van der Waals surface area contributed by atoms with E-state index in [4.69, 9.17) is 0 Å². The van der Waals surface area contributed by atoms with Crippen molar-refractivity contribution in [2.45, 2.75) is 36.9 Å². The lowest BCUT2D eigenvalue weighted by atomic mass is 10.0. The third-order valence-corrected chi connectivity index (χ3v) is 5.84. The molecule has 0 aliphatic heterocycles. The lowest BCUT2D eigenvalue weighted by molar-refractivity contribution is 0.655. The third-order valence-electron chi connectivity index (χ3n) is 3.62. The second-order valence-electron chi connectivity index (χ2n) is 5.00. The molecule has 90 valence electrons. The quantitative estimate of drug-likeness (QED) is 0.649. The molecule has 1 saturated carbocycles.